The van der Waals surface area contributed by atoms with Gasteiger partial charge in [-0.05, 0) is 18.6 Å². The van der Waals surface area contributed by atoms with Gasteiger partial charge in [0.15, 0.2) is 5.16 Å². The molecule has 1 aromatic heterocycles. The van der Waals surface area contributed by atoms with Gasteiger partial charge in [0.1, 0.15) is 5.82 Å². The summed E-state index contributed by atoms with van der Waals surface area (Å²) in [6.07, 6.45) is 2.87. The van der Waals surface area contributed by atoms with Gasteiger partial charge in [0, 0.05) is 5.56 Å². The van der Waals surface area contributed by atoms with Gasteiger partial charge < -0.3 is 5.73 Å². The highest BCUT2D eigenvalue weighted by atomic mass is 32.2. The maximum absolute atomic E-state index is 5.91. The lowest BCUT2D eigenvalue weighted by Crippen LogP contribution is -2.08. The smallest absolute Gasteiger partial charge is 0.189 e. The number of hydrogen-bond donors (Lipinski definition) is 1. The van der Waals surface area contributed by atoms with E-state index in [1.807, 2.05) is 6.26 Å². The number of nitrogens with zero attached hydrogens (tertiary/aromatic N) is 2. The van der Waals surface area contributed by atoms with Gasteiger partial charge in [-0.2, -0.15) is 0 Å². The van der Waals surface area contributed by atoms with Crippen LogP contribution in [-0.2, 0) is 6.42 Å². The molecular formula is C10H17N3S. The molecule has 1 aromatic rings. The number of nitrogens with two attached hydrogens (primary N) is 1. The van der Waals surface area contributed by atoms with E-state index in [4.69, 9.17) is 5.73 Å². The summed E-state index contributed by atoms with van der Waals surface area (Å²) >= 11 is 1.53. The van der Waals surface area contributed by atoms with Crippen LogP contribution in [0.2, 0.25) is 0 Å². The summed E-state index contributed by atoms with van der Waals surface area (Å²) in [5.74, 6) is 1.03. The third kappa shape index (κ3) is 2.18. The van der Waals surface area contributed by atoms with Gasteiger partial charge >= 0.3 is 0 Å². The van der Waals surface area contributed by atoms with E-state index >= 15 is 0 Å². The van der Waals surface area contributed by atoms with Gasteiger partial charge in [-0.1, -0.05) is 32.5 Å². The average molecular weight is 211 g/mol. The first-order valence-corrected chi connectivity index (χ1v) is 6.02. The van der Waals surface area contributed by atoms with Crippen molar-refractivity contribution in [2.45, 2.75) is 38.3 Å². The second kappa shape index (κ2) is 4.64. The zero-order valence-corrected chi connectivity index (χ0v) is 9.98. The molecule has 0 fully saturated rings. The zero-order valence-electron chi connectivity index (χ0n) is 9.16. The van der Waals surface area contributed by atoms with E-state index in [-0.39, 0.29) is 0 Å². The minimum absolute atomic E-state index is 0.390. The molecule has 0 spiro atoms. The van der Waals surface area contributed by atoms with E-state index in [0.717, 1.165) is 22.8 Å². The van der Waals surface area contributed by atoms with E-state index < -0.39 is 0 Å². The normalized spacial score (nSPS) is 10.9. The molecule has 0 radical (unpaired) electrons. The molecule has 1 rings (SSSR count). The van der Waals surface area contributed by atoms with E-state index in [9.17, 15) is 0 Å². The number of aromatic nitrogens is 2. The highest BCUT2D eigenvalue weighted by molar-refractivity contribution is 7.98. The molecular weight excluding hydrogens is 194 g/mol. The van der Waals surface area contributed by atoms with E-state index in [2.05, 4.69) is 30.7 Å². The van der Waals surface area contributed by atoms with Crippen LogP contribution < -0.4 is 5.73 Å². The Bertz CT molecular complexity index is 323. The highest BCUT2D eigenvalue weighted by Crippen LogP contribution is 2.25. The average Bonchev–Trinajstić information content (AvgIpc) is 2.15. The third-order valence-electron chi connectivity index (χ3n) is 2.13. The second-order valence-corrected chi connectivity index (χ2v) is 4.24. The Balaban J connectivity index is 3.27. The molecule has 14 heavy (non-hydrogen) atoms. The molecule has 4 heteroatoms. The van der Waals surface area contributed by atoms with Crippen LogP contribution in [0.15, 0.2) is 5.16 Å². The number of nitrogen functional groups attached to an aromatic ring is 1. The monoisotopic (exact) mass is 211 g/mol. The predicted octanol–water partition coefficient (Wildman–Crippen LogP) is 2.47. The van der Waals surface area contributed by atoms with E-state index in [1.165, 1.54) is 11.8 Å². The van der Waals surface area contributed by atoms with Crippen molar-refractivity contribution in [3.05, 3.63) is 11.3 Å². The summed E-state index contributed by atoms with van der Waals surface area (Å²) in [4.78, 5) is 8.71. The Labute approximate surface area is 89.5 Å². The molecule has 3 nitrogen and oxygen atoms in total. The SMILES string of the molecule is CCc1nc(SC)nc(N)c1C(C)C. The number of thioether (sulfide) groups is 1. The van der Waals surface area contributed by atoms with Gasteiger partial charge in [-0.25, -0.2) is 9.97 Å². The molecule has 0 saturated carbocycles. The van der Waals surface area contributed by atoms with Crippen molar-refractivity contribution in [3.63, 3.8) is 0 Å². The summed E-state index contributed by atoms with van der Waals surface area (Å²) in [6, 6.07) is 0. The van der Waals surface area contributed by atoms with Crippen LogP contribution in [0.1, 0.15) is 37.9 Å². The van der Waals surface area contributed by atoms with Crippen LogP contribution in [0.25, 0.3) is 0 Å². The Kier molecular flexibility index (Phi) is 3.75. The predicted molar refractivity (Wildman–Crippen MR) is 61.7 cm³/mol. The van der Waals surface area contributed by atoms with Crippen LogP contribution in [-0.4, -0.2) is 16.2 Å². The summed E-state index contributed by atoms with van der Waals surface area (Å²) < 4.78 is 0. The molecule has 2 N–H and O–H groups in total. The van der Waals surface area contributed by atoms with Crippen molar-refractivity contribution in [1.82, 2.24) is 9.97 Å². The molecule has 0 aliphatic rings. The van der Waals surface area contributed by atoms with E-state index in [0.29, 0.717) is 11.7 Å². The molecule has 0 unspecified atom stereocenters. The highest BCUT2D eigenvalue weighted by Gasteiger charge is 2.13. The van der Waals surface area contributed by atoms with Crippen LogP contribution in [0.4, 0.5) is 5.82 Å². The minimum atomic E-state index is 0.390. The van der Waals surface area contributed by atoms with Crippen LogP contribution in [0.3, 0.4) is 0 Å². The largest absolute Gasteiger partial charge is 0.383 e. The quantitative estimate of drug-likeness (QED) is 0.616. The standard InChI is InChI=1S/C10H17N3S/c1-5-7-8(6(2)3)9(11)13-10(12-7)14-4/h6H,5H2,1-4H3,(H2,11,12,13). The van der Waals surface area contributed by atoms with Crippen LogP contribution >= 0.6 is 11.8 Å². The molecule has 0 aromatic carbocycles. The zero-order chi connectivity index (χ0) is 10.7. The molecule has 0 saturated heterocycles. The van der Waals surface area contributed by atoms with Gasteiger partial charge in [-0.15, -0.1) is 0 Å². The van der Waals surface area contributed by atoms with Gasteiger partial charge in [0.2, 0.25) is 0 Å². The fourth-order valence-corrected chi connectivity index (χ4v) is 1.89. The first-order chi connectivity index (χ1) is 6.60. The van der Waals surface area contributed by atoms with E-state index in [1.54, 1.807) is 0 Å². The Morgan fingerprint density at radius 2 is 2.00 bits per heavy atom. The number of hydrogen-bond acceptors (Lipinski definition) is 4. The lowest BCUT2D eigenvalue weighted by Gasteiger charge is -2.13. The fourth-order valence-electron chi connectivity index (χ4n) is 1.50. The first-order valence-electron chi connectivity index (χ1n) is 4.80. The lowest BCUT2D eigenvalue weighted by molar-refractivity contribution is 0.785. The summed E-state index contributed by atoms with van der Waals surface area (Å²) in [7, 11) is 0. The second-order valence-electron chi connectivity index (χ2n) is 3.46. The van der Waals surface area contributed by atoms with Gasteiger partial charge in [-0.3, -0.25) is 0 Å². The molecule has 1 heterocycles. The summed E-state index contributed by atoms with van der Waals surface area (Å²) in [5, 5.41) is 0.767. The van der Waals surface area contributed by atoms with Crippen molar-refractivity contribution >= 4 is 17.6 Å². The number of anilines is 1. The number of aryl methyl sites for hydroxylation is 1. The minimum Gasteiger partial charge on any atom is -0.383 e. The molecule has 0 atom stereocenters. The molecule has 0 aliphatic heterocycles. The maximum atomic E-state index is 5.91. The molecule has 0 bridgehead atoms. The molecule has 0 amide bonds. The topological polar surface area (TPSA) is 51.8 Å². The Hall–Kier alpha value is -0.770. The maximum Gasteiger partial charge on any atom is 0.189 e. The van der Waals surface area contributed by atoms with Crippen molar-refractivity contribution in [2.24, 2.45) is 0 Å². The number of rotatable bonds is 3. The van der Waals surface area contributed by atoms with Crippen molar-refractivity contribution in [2.75, 3.05) is 12.0 Å². The Morgan fingerprint density at radius 1 is 1.36 bits per heavy atom. The third-order valence-corrected chi connectivity index (χ3v) is 2.68. The van der Waals surface area contributed by atoms with Crippen molar-refractivity contribution in [3.8, 4) is 0 Å². The van der Waals surface area contributed by atoms with Crippen molar-refractivity contribution < 1.29 is 0 Å². The van der Waals surface area contributed by atoms with Crippen LogP contribution in [0, 0.1) is 0 Å². The molecule has 78 valence electrons. The van der Waals surface area contributed by atoms with Gasteiger partial charge in [0.25, 0.3) is 0 Å². The summed E-state index contributed by atoms with van der Waals surface area (Å²) in [6.45, 7) is 6.33. The van der Waals surface area contributed by atoms with Gasteiger partial charge in [0.05, 0.1) is 5.69 Å². The Morgan fingerprint density at radius 3 is 2.43 bits per heavy atom. The fraction of sp³-hybridized carbons (Fsp3) is 0.600. The van der Waals surface area contributed by atoms with Crippen LogP contribution in [0.5, 0.6) is 0 Å². The first kappa shape index (κ1) is 11.3. The molecule has 0 aliphatic carbocycles. The lowest BCUT2D eigenvalue weighted by atomic mass is 10.0. The van der Waals surface area contributed by atoms with Crippen molar-refractivity contribution in [1.29, 1.82) is 0 Å². The summed E-state index contributed by atoms with van der Waals surface area (Å²) in [5.41, 5.74) is 8.09.